The van der Waals surface area contributed by atoms with Crippen LogP contribution in [0.4, 0.5) is 0 Å². The molecule has 10 nitrogen and oxygen atoms in total. The molecular formula is C26H36N6O4. The minimum atomic E-state index is -0.378. The molecule has 10 heteroatoms. The Morgan fingerprint density at radius 1 is 0.556 bits per heavy atom. The first-order valence-electron chi connectivity index (χ1n) is 13.6. The Morgan fingerprint density at radius 2 is 0.889 bits per heavy atom. The average Bonchev–Trinajstić information content (AvgIpc) is 3.22. The number of nitrogens with zero attached hydrogens (tertiary/aromatic N) is 6. The van der Waals surface area contributed by atoms with E-state index in [1.54, 1.807) is 0 Å². The summed E-state index contributed by atoms with van der Waals surface area (Å²) in [5.74, 6) is -1.93. The van der Waals surface area contributed by atoms with Gasteiger partial charge in [-0.2, -0.15) is 0 Å². The number of imide groups is 2. The summed E-state index contributed by atoms with van der Waals surface area (Å²) in [6.07, 6.45) is 4.18. The van der Waals surface area contributed by atoms with Crippen LogP contribution in [0.1, 0.15) is 0 Å². The summed E-state index contributed by atoms with van der Waals surface area (Å²) in [6, 6.07) is 0. The molecule has 6 fully saturated rings. The first-order chi connectivity index (χ1) is 17.3. The summed E-state index contributed by atoms with van der Waals surface area (Å²) >= 11 is 0. The number of hydrogen-bond donors (Lipinski definition) is 0. The van der Waals surface area contributed by atoms with Gasteiger partial charge in [-0.3, -0.25) is 38.8 Å². The lowest BCUT2D eigenvalue weighted by atomic mass is 9.40. The second kappa shape index (κ2) is 8.18. The van der Waals surface area contributed by atoms with Crippen molar-refractivity contribution in [1.29, 1.82) is 0 Å². The van der Waals surface area contributed by atoms with E-state index in [0.717, 1.165) is 52.4 Å². The molecule has 8 atom stereocenters. The van der Waals surface area contributed by atoms with Gasteiger partial charge in [-0.25, -0.2) is 0 Å². The highest BCUT2D eigenvalue weighted by molar-refractivity contribution is 6.09. The number of rotatable bonds is 4. The van der Waals surface area contributed by atoms with E-state index in [1.165, 1.54) is 9.80 Å². The fourth-order valence-electron chi connectivity index (χ4n) is 8.38. The normalized spacial score (nSPS) is 43.3. The van der Waals surface area contributed by atoms with Crippen LogP contribution in [0.2, 0.25) is 0 Å². The third kappa shape index (κ3) is 3.10. The molecule has 36 heavy (non-hydrogen) atoms. The van der Waals surface area contributed by atoms with Crippen LogP contribution in [-0.4, -0.2) is 133 Å². The van der Waals surface area contributed by atoms with Crippen LogP contribution in [0.25, 0.3) is 0 Å². The van der Waals surface area contributed by atoms with E-state index in [-0.39, 0.29) is 71.0 Å². The van der Waals surface area contributed by atoms with Crippen LogP contribution in [0.15, 0.2) is 12.2 Å². The maximum Gasteiger partial charge on any atom is 0.234 e. The predicted octanol–water partition coefficient (Wildman–Crippen LogP) is -1.34. The number of likely N-dealkylation sites (tertiary alicyclic amines) is 2. The van der Waals surface area contributed by atoms with Gasteiger partial charge in [0.05, 0.1) is 37.0 Å². The fraction of sp³-hybridized carbons (Fsp3) is 0.769. The predicted molar refractivity (Wildman–Crippen MR) is 129 cm³/mol. The first kappa shape index (κ1) is 23.0. The van der Waals surface area contributed by atoms with Crippen molar-refractivity contribution in [2.75, 3.05) is 79.8 Å². The number of hydrogen-bond acceptors (Lipinski definition) is 8. The second-order valence-electron chi connectivity index (χ2n) is 12.1. The molecule has 4 saturated heterocycles. The summed E-state index contributed by atoms with van der Waals surface area (Å²) in [6.45, 7) is 7.82. The summed E-state index contributed by atoms with van der Waals surface area (Å²) in [5, 5.41) is 0. The fourth-order valence-corrected chi connectivity index (χ4v) is 8.38. The second-order valence-corrected chi connectivity index (χ2v) is 12.1. The zero-order valence-corrected chi connectivity index (χ0v) is 21.2. The maximum atomic E-state index is 13.6. The number of likely N-dealkylation sites (N-methyl/N-ethyl adjacent to an activating group) is 2. The van der Waals surface area contributed by atoms with Gasteiger partial charge in [0.2, 0.25) is 23.6 Å². The number of carbonyl (C=O) groups excluding carboxylic acids is 4. The van der Waals surface area contributed by atoms with Crippen molar-refractivity contribution in [3.05, 3.63) is 12.2 Å². The van der Waals surface area contributed by atoms with Crippen LogP contribution in [0.3, 0.4) is 0 Å². The third-order valence-corrected chi connectivity index (χ3v) is 10.4. The molecule has 0 aromatic heterocycles. The van der Waals surface area contributed by atoms with Crippen LogP contribution in [0.5, 0.6) is 0 Å². The summed E-state index contributed by atoms with van der Waals surface area (Å²) in [4.78, 5) is 66.1. The van der Waals surface area contributed by atoms with E-state index in [2.05, 4.69) is 45.8 Å². The van der Waals surface area contributed by atoms with Crippen molar-refractivity contribution in [3.63, 3.8) is 0 Å². The minimum absolute atomic E-state index is 0.000487. The molecule has 0 N–H and O–H groups in total. The van der Waals surface area contributed by atoms with Gasteiger partial charge in [0.25, 0.3) is 0 Å². The highest BCUT2D eigenvalue weighted by Crippen LogP contribution is 2.68. The van der Waals surface area contributed by atoms with Crippen LogP contribution < -0.4 is 0 Å². The molecule has 4 amide bonds. The van der Waals surface area contributed by atoms with Crippen LogP contribution in [0, 0.1) is 47.3 Å². The molecule has 8 aliphatic rings. The highest BCUT2D eigenvalue weighted by atomic mass is 16.2. The molecule has 4 aliphatic carbocycles. The lowest BCUT2D eigenvalue weighted by molar-refractivity contribution is -0.166. The molecule has 0 radical (unpaired) electrons. The monoisotopic (exact) mass is 496 g/mol. The minimum Gasteiger partial charge on any atom is -0.304 e. The molecule has 4 aliphatic heterocycles. The quantitative estimate of drug-likeness (QED) is 0.349. The average molecular weight is 497 g/mol. The smallest absolute Gasteiger partial charge is 0.234 e. The molecule has 0 aromatic rings. The van der Waals surface area contributed by atoms with Crippen LogP contribution >= 0.6 is 0 Å². The molecule has 8 rings (SSSR count). The standard InChI is InChI=1S/C26H36N6O4/c1-27-5-9-29(10-6-27)13-31-23(33)19-15-3-4-16(20(19)24(31)34)18-17(15)21-22(18)26(36)32(25(21)35)14-30-11-7-28(2)8-12-30/h3-4,15-22H,5-14H2,1-2H3/t15?,16?,17-,18+,19+,20-,21-,22+. The summed E-state index contributed by atoms with van der Waals surface area (Å²) in [5.41, 5.74) is 0. The van der Waals surface area contributed by atoms with Gasteiger partial charge in [-0.1, -0.05) is 12.2 Å². The Bertz CT molecular complexity index is 975. The van der Waals surface area contributed by atoms with Crippen molar-refractivity contribution in [1.82, 2.24) is 29.4 Å². The molecule has 0 aromatic carbocycles. The number of carbonyl (C=O) groups is 4. The third-order valence-electron chi connectivity index (χ3n) is 10.4. The van der Waals surface area contributed by atoms with Crippen LogP contribution in [-0.2, 0) is 19.2 Å². The number of piperazine rings is 2. The van der Waals surface area contributed by atoms with E-state index < -0.39 is 0 Å². The molecule has 2 bridgehead atoms. The SMILES string of the molecule is CN1CCN(CN2C(=O)[C@@H]3[C@H](C2=O)[C@@H]2C4C=CC([C@H]32)[C@H]2C(=O)N(CN3CCN(C)CC3)C(=O)[C@@H]42)CC1. The van der Waals surface area contributed by atoms with Crippen molar-refractivity contribution in [2.45, 2.75) is 0 Å². The maximum absolute atomic E-state index is 13.6. The molecule has 2 saturated carbocycles. The van der Waals surface area contributed by atoms with Gasteiger partial charge < -0.3 is 9.80 Å². The van der Waals surface area contributed by atoms with Crippen molar-refractivity contribution in [2.24, 2.45) is 47.3 Å². The van der Waals surface area contributed by atoms with Gasteiger partial charge in [0.1, 0.15) is 0 Å². The summed E-state index contributed by atoms with van der Waals surface area (Å²) in [7, 11) is 4.17. The Labute approximate surface area is 211 Å². The topological polar surface area (TPSA) is 87.7 Å². The molecule has 194 valence electrons. The van der Waals surface area contributed by atoms with Crippen molar-refractivity contribution in [3.8, 4) is 0 Å². The van der Waals surface area contributed by atoms with E-state index in [0.29, 0.717) is 13.3 Å². The van der Waals surface area contributed by atoms with Gasteiger partial charge >= 0.3 is 0 Å². The zero-order chi connectivity index (χ0) is 24.9. The largest absolute Gasteiger partial charge is 0.304 e. The molecule has 0 spiro atoms. The van der Waals surface area contributed by atoms with E-state index in [9.17, 15) is 19.2 Å². The first-order valence-corrected chi connectivity index (χ1v) is 13.6. The summed E-state index contributed by atoms with van der Waals surface area (Å²) < 4.78 is 0. The van der Waals surface area contributed by atoms with Gasteiger partial charge in [-0.05, 0) is 37.8 Å². The van der Waals surface area contributed by atoms with E-state index in [1.807, 2.05) is 0 Å². The number of allylic oxidation sites excluding steroid dienone is 2. The Hall–Kier alpha value is -2.14. The Kier molecular flexibility index (Phi) is 5.23. The van der Waals surface area contributed by atoms with E-state index >= 15 is 0 Å². The van der Waals surface area contributed by atoms with Crippen molar-refractivity contribution < 1.29 is 19.2 Å². The molecular weight excluding hydrogens is 460 g/mol. The number of fused-ring (bicyclic) bond motifs is 1. The van der Waals surface area contributed by atoms with Crippen molar-refractivity contribution >= 4 is 23.6 Å². The molecule has 4 heterocycles. The Balaban J connectivity index is 1.10. The van der Waals surface area contributed by atoms with Gasteiger partial charge in [-0.15, -0.1) is 0 Å². The van der Waals surface area contributed by atoms with Gasteiger partial charge in [0, 0.05) is 52.4 Å². The highest BCUT2D eigenvalue weighted by Gasteiger charge is 2.75. The van der Waals surface area contributed by atoms with Gasteiger partial charge in [0.15, 0.2) is 0 Å². The lowest BCUT2D eigenvalue weighted by Gasteiger charge is -2.60. The molecule has 2 unspecified atom stereocenters. The van der Waals surface area contributed by atoms with E-state index in [4.69, 9.17) is 0 Å². The lowest BCUT2D eigenvalue weighted by Crippen LogP contribution is -2.63. The Morgan fingerprint density at radius 3 is 1.25 bits per heavy atom. The number of amides is 4. The zero-order valence-electron chi connectivity index (χ0n) is 21.2.